The quantitative estimate of drug-likeness (QED) is 0.428. The van der Waals surface area contributed by atoms with E-state index in [0.717, 1.165) is 26.6 Å². The second-order valence-electron chi connectivity index (χ2n) is 9.04. The Kier molecular flexibility index (Phi) is 8.99. The van der Waals surface area contributed by atoms with Gasteiger partial charge in [-0.05, 0) is 80.8 Å². The number of amides is 2. The fourth-order valence-corrected chi connectivity index (χ4v) is 5.49. The maximum absolute atomic E-state index is 13.8. The van der Waals surface area contributed by atoms with Crippen LogP contribution < -0.4 is 9.62 Å². The Balaban J connectivity index is 2.06. The molecule has 0 heterocycles. The molecule has 0 saturated carbocycles. The molecular formula is C28H32ClN3O4S. The van der Waals surface area contributed by atoms with E-state index in [1.807, 2.05) is 26.8 Å². The Morgan fingerprint density at radius 3 is 2.22 bits per heavy atom. The Bertz CT molecular complexity index is 1390. The zero-order chi connectivity index (χ0) is 27.3. The van der Waals surface area contributed by atoms with Crippen molar-refractivity contribution in [3.8, 4) is 0 Å². The molecule has 7 nitrogen and oxygen atoms in total. The summed E-state index contributed by atoms with van der Waals surface area (Å²) in [5, 5.41) is 3.06. The lowest BCUT2D eigenvalue weighted by Crippen LogP contribution is -2.50. The van der Waals surface area contributed by atoms with Gasteiger partial charge in [-0.3, -0.25) is 13.9 Å². The zero-order valence-corrected chi connectivity index (χ0v) is 23.2. The van der Waals surface area contributed by atoms with Crippen LogP contribution >= 0.6 is 11.6 Å². The number of carbonyl (C=O) groups is 2. The van der Waals surface area contributed by atoms with Gasteiger partial charge < -0.3 is 10.2 Å². The highest BCUT2D eigenvalue weighted by molar-refractivity contribution is 7.92. The Morgan fingerprint density at radius 2 is 1.62 bits per heavy atom. The highest BCUT2D eigenvalue weighted by Gasteiger charge is 2.32. The fourth-order valence-electron chi connectivity index (χ4n) is 3.87. The van der Waals surface area contributed by atoms with E-state index < -0.39 is 28.5 Å². The molecule has 3 aromatic carbocycles. The van der Waals surface area contributed by atoms with E-state index in [0.29, 0.717) is 10.7 Å². The molecule has 0 spiro atoms. The normalized spacial score (nSPS) is 12.1. The number of carbonyl (C=O) groups excluding carboxylic acids is 2. The van der Waals surface area contributed by atoms with Crippen LogP contribution in [0.25, 0.3) is 0 Å². The van der Waals surface area contributed by atoms with Gasteiger partial charge in [0.25, 0.3) is 10.0 Å². The van der Waals surface area contributed by atoms with Gasteiger partial charge in [-0.25, -0.2) is 8.42 Å². The maximum atomic E-state index is 13.8. The number of rotatable bonds is 9. The summed E-state index contributed by atoms with van der Waals surface area (Å²) in [6.07, 6.45) is 0. The molecule has 0 bridgehead atoms. The van der Waals surface area contributed by atoms with E-state index in [1.54, 1.807) is 55.5 Å². The van der Waals surface area contributed by atoms with Crippen molar-refractivity contribution >= 4 is 39.1 Å². The van der Waals surface area contributed by atoms with Gasteiger partial charge in [0, 0.05) is 18.6 Å². The lowest BCUT2D eigenvalue weighted by atomic mass is 10.1. The molecule has 3 aromatic rings. The van der Waals surface area contributed by atoms with Crippen molar-refractivity contribution in [2.75, 3.05) is 17.9 Å². The minimum Gasteiger partial charge on any atom is -0.357 e. The van der Waals surface area contributed by atoms with E-state index in [4.69, 9.17) is 11.6 Å². The minimum atomic E-state index is -4.10. The van der Waals surface area contributed by atoms with Crippen LogP contribution in [0.1, 0.15) is 29.2 Å². The second-order valence-corrected chi connectivity index (χ2v) is 11.3. The van der Waals surface area contributed by atoms with Gasteiger partial charge in [-0.1, -0.05) is 47.5 Å². The van der Waals surface area contributed by atoms with Crippen molar-refractivity contribution in [2.24, 2.45) is 0 Å². The standard InChI is InChI=1S/C28H32ClN3O4S/c1-19-9-13-26(14-10-19)37(35,36)32(25-12-11-20(2)21(3)15-25)18-27(33)31(22(4)28(34)30-5)17-23-7-6-8-24(29)16-23/h6-16,22H,17-18H2,1-5H3,(H,30,34). The van der Waals surface area contributed by atoms with Gasteiger partial charge in [0.05, 0.1) is 10.6 Å². The first kappa shape index (κ1) is 28.2. The predicted octanol–water partition coefficient (Wildman–Crippen LogP) is 4.62. The molecule has 0 radical (unpaired) electrons. The molecule has 1 atom stereocenters. The van der Waals surface area contributed by atoms with Gasteiger partial charge in [-0.15, -0.1) is 0 Å². The third-order valence-corrected chi connectivity index (χ3v) is 8.35. The third kappa shape index (κ3) is 6.70. The first-order valence-corrected chi connectivity index (χ1v) is 13.7. The van der Waals surface area contributed by atoms with Crippen LogP contribution in [0.15, 0.2) is 71.6 Å². The molecule has 0 aliphatic heterocycles. The number of benzene rings is 3. The van der Waals surface area contributed by atoms with Crippen molar-refractivity contribution < 1.29 is 18.0 Å². The molecule has 37 heavy (non-hydrogen) atoms. The van der Waals surface area contributed by atoms with Crippen molar-refractivity contribution in [3.63, 3.8) is 0 Å². The minimum absolute atomic E-state index is 0.0740. The van der Waals surface area contributed by atoms with Crippen LogP contribution in [0.4, 0.5) is 5.69 Å². The summed E-state index contributed by atoms with van der Waals surface area (Å²) in [5.74, 6) is -0.889. The molecule has 0 aliphatic rings. The fraction of sp³-hybridized carbons (Fsp3) is 0.286. The second kappa shape index (κ2) is 11.8. The van der Waals surface area contributed by atoms with E-state index in [1.165, 1.54) is 24.1 Å². The highest BCUT2D eigenvalue weighted by Crippen LogP contribution is 2.27. The van der Waals surface area contributed by atoms with Crippen molar-refractivity contribution in [1.82, 2.24) is 10.2 Å². The monoisotopic (exact) mass is 541 g/mol. The molecular weight excluding hydrogens is 510 g/mol. The average molecular weight is 542 g/mol. The lowest BCUT2D eigenvalue weighted by Gasteiger charge is -2.32. The molecule has 1 N–H and O–H groups in total. The molecule has 196 valence electrons. The predicted molar refractivity (Wildman–Crippen MR) is 147 cm³/mol. The largest absolute Gasteiger partial charge is 0.357 e. The number of likely N-dealkylation sites (N-methyl/N-ethyl adjacent to an activating group) is 1. The Hall–Kier alpha value is -3.36. The van der Waals surface area contributed by atoms with Crippen LogP contribution in [0.3, 0.4) is 0 Å². The van der Waals surface area contributed by atoms with Crippen molar-refractivity contribution in [1.29, 1.82) is 0 Å². The molecule has 0 fully saturated rings. The molecule has 0 aliphatic carbocycles. The summed E-state index contributed by atoms with van der Waals surface area (Å²) < 4.78 is 28.7. The van der Waals surface area contributed by atoms with Gasteiger partial charge in [0.1, 0.15) is 12.6 Å². The highest BCUT2D eigenvalue weighted by atomic mass is 35.5. The van der Waals surface area contributed by atoms with Gasteiger partial charge in [0.2, 0.25) is 11.8 Å². The average Bonchev–Trinajstić information content (AvgIpc) is 2.86. The summed E-state index contributed by atoms with van der Waals surface area (Å²) in [4.78, 5) is 27.7. The topological polar surface area (TPSA) is 86.8 Å². The summed E-state index contributed by atoms with van der Waals surface area (Å²) >= 11 is 6.14. The maximum Gasteiger partial charge on any atom is 0.264 e. The summed E-state index contributed by atoms with van der Waals surface area (Å²) in [7, 11) is -2.61. The first-order valence-electron chi connectivity index (χ1n) is 11.9. The van der Waals surface area contributed by atoms with Crippen molar-refractivity contribution in [2.45, 2.75) is 45.2 Å². The van der Waals surface area contributed by atoms with Crippen LogP contribution in [0.2, 0.25) is 5.02 Å². The van der Waals surface area contributed by atoms with Crippen molar-refractivity contribution in [3.05, 3.63) is 94.0 Å². The van der Waals surface area contributed by atoms with E-state index in [2.05, 4.69) is 5.32 Å². The number of sulfonamides is 1. The SMILES string of the molecule is CNC(=O)C(C)N(Cc1cccc(Cl)c1)C(=O)CN(c1ccc(C)c(C)c1)S(=O)(=O)c1ccc(C)cc1. The smallest absolute Gasteiger partial charge is 0.264 e. The number of hydrogen-bond donors (Lipinski definition) is 1. The van der Waals surface area contributed by atoms with E-state index in [-0.39, 0.29) is 17.3 Å². The zero-order valence-electron chi connectivity index (χ0n) is 21.7. The number of hydrogen-bond acceptors (Lipinski definition) is 4. The van der Waals surface area contributed by atoms with E-state index in [9.17, 15) is 18.0 Å². The summed E-state index contributed by atoms with van der Waals surface area (Å²) in [6, 6.07) is 17.9. The van der Waals surface area contributed by atoms with Gasteiger partial charge in [-0.2, -0.15) is 0 Å². The van der Waals surface area contributed by atoms with Crippen LogP contribution in [-0.4, -0.2) is 44.8 Å². The number of nitrogens with one attached hydrogen (secondary N) is 1. The molecule has 9 heteroatoms. The van der Waals surface area contributed by atoms with Crippen LogP contribution in [0, 0.1) is 20.8 Å². The summed E-state index contributed by atoms with van der Waals surface area (Å²) in [6.45, 7) is 6.89. The molecule has 1 unspecified atom stereocenters. The summed E-state index contributed by atoms with van der Waals surface area (Å²) in [5.41, 5.74) is 3.89. The number of aryl methyl sites for hydroxylation is 3. The third-order valence-electron chi connectivity index (χ3n) is 6.32. The molecule has 0 aromatic heterocycles. The Morgan fingerprint density at radius 1 is 0.946 bits per heavy atom. The molecule has 0 saturated heterocycles. The lowest BCUT2D eigenvalue weighted by molar-refractivity contribution is -0.139. The Labute approximate surface area is 224 Å². The van der Waals surface area contributed by atoms with E-state index >= 15 is 0 Å². The van der Waals surface area contributed by atoms with Crippen LogP contribution in [0.5, 0.6) is 0 Å². The first-order chi connectivity index (χ1) is 17.4. The van der Waals surface area contributed by atoms with Crippen LogP contribution in [-0.2, 0) is 26.2 Å². The van der Waals surface area contributed by atoms with Gasteiger partial charge >= 0.3 is 0 Å². The number of halogens is 1. The van der Waals surface area contributed by atoms with Gasteiger partial charge in [0.15, 0.2) is 0 Å². The molecule has 3 rings (SSSR count). The number of anilines is 1. The number of nitrogens with zero attached hydrogens (tertiary/aromatic N) is 2. The molecule has 2 amide bonds.